The first-order chi connectivity index (χ1) is 19.5. The summed E-state index contributed by atoms with van der Waals surface area (Å²) in [4.78, 5) is 34.0. The Hall–Kier alpha value is -5.44. The summed E-state index contributed by atoms with van der Waals surface area (Å²) in [6.45, 7) is 1.85. The minimum absolute atomic E-state index is 0.187. The number of nitrogens with zero attached hydrogens (tertiary/aromatic N) is 5. The Bertz CT molecular complexity index is 1870. The Morgan fingerprint density at radius 2 is 1.75 bits per heavy atom. The van der Waals surface area contributed by atoms with Crippen molar-refractivity contribution in [1.82, 2.24) is 30.1 Å². The predicted octanol–water partition coefficient (Wildman–Crippen LogP) is 5.12. The van der Waals surface area contributed by atoms with Crippen LogP contribution in [0.5, 0.6) is 0 Å². The van der Waals surface area contributed by atoms with E-state index in [0.717, 1.165) is 27.8 Å². The van der Waals surface area contributed by atoms with Crippen LogP contribution in [0.3, 0.4) is 0 Å². The van der Waals surface area contributed by atoms with Crippen LogP contribution in [-0.2, 0) is 6.42 Å². The predicted molar refractivity (Wildman–Crippen MR) is 150 cm³/mol. The number of aromatic nitrogens is 5. The first kappa shape index (κ1) is 24.9. The average molecular weight is 529 g/mol. The number of aromatic carboxylic acids is 1. The highest BCUT2D eigenvalue weighted by Crippen LogP contribution is 2.26. The van der Waals surface area contributed by atoms with E-state index in [1.165, 1.54) is 12.1 Å². The van der Waals surface area contributed by atoms with Gasteiger partial charge in [0.1, 0.15) is 5.52 Å². The molecule has 1 atom stereocenters. The van der Waals surface area contributed by atoms with Crippen LogP contribution in [0, 0.1) is 0 Å². The van der Waals surface area contributed by atoms with Crippen molar-refractivity contribution < 1.29 is 14.7 Å². The van der Waals surface area contributed by atoms with E-state index in [2.05, 4.69) is 25.6 Å². The van der Waals surface area contributed by atoms with E-state index in [0.29, 0.717) is 28.8 Å². The number of carboxylic acids is 1. The van der Waals surface area contributed by atoms with Crippen molar-refractivity contribution in [3.63, 3.8) is 0 Å². The molecule has 0 aliphatic carbocycles. The number of fused-ring (bicyclic) bond motifs is 2. The second-order valence-corrected chi connectivity index (χ2v) is 9.49. The van der Waals surface area contributed by atoms with Crippen molar-refractivity contribution in [3.8, 4) is 11.1 Å². The Morgan fingerprint density at radius 1 is 0.950 bits per heavy atom. The third-order valence-corrected chi connectivity index (χ3v) is 6.81. The highest BCUT2D eigenvalue weighted by molar-refractivity contribution is 6.02. The Kier molecular flexibility index (Phi) is 6.45. The summed E-state index contributed by atoms with van der Waals surface area (Å²) in [6, 6.07) is 25.4. The Labute approximate surface area is 229 Å². The number of rotatable bonds is 7. The monoisotopic (exact) mass is 528 g/mol. The summed E-state index contributed by atoms with van der Waals surface area (Å²) in [5.74, 6) is -1.30. The molecule has 6 rings (SSSR count). The van der Waals surface area contributed by atoms with Gasteiger partial charge in [-0.2, -0.15) is 0 Å². The zero-order valence-corrected chi connectivity index (χ0v) is 21.5. The van der Waals surface area contributed by atoms with Gasteiger partial charge >= 0.3 is 5.97 Å². The summed E-state index contributed by atoms with van der Waals surface area (Å²) >= 11 is 0. The molecular weight excluding hydrogens is 504 g/mol. The maximum Gasteiger partial charge on any atom is 0.335 e. The molecule has 40 heavy (non-hydrogen) atoms. The van der Waals surface area contributed by atoms with E-state index in [-0.39, 0.29) is 17.5 Å². The average Bonchev–Trinajstić information content (AvgIpc) is 3.39. The quantitative estimate of drug-likeness (QED) is 0.295. The summed E-state index contributed by atoms with van der Waals surface area (Å²) in [6.07, 6.45) is 3.94. The molecule has 9 nitrogen and oxygen atoms in total. The fourth-order valence-corrected chi connectivity index (χ4v) is 4.70. The number of carboxylic acid groups (broad SMARTS) is 1. The molecule has 4 aromatic heterocycles. The molecule has 6 aromatic rings. The maximum absolute atomic E-state index is 13.8. The molecule has 2 N–H and O–H groups in total. The number of benzene rings is 2. The number of nitrogens with one attached hydrogen (secondary N) is 1. The fourth-order valence-electron chi connectivity index (χ4n) is 4.70. The number of carbonyl (C=O) groups is 2. The molecule has 196 valence electrons. The molecule has 0 aliphatic rings. The lowest BCUT2D eigenvalue weighted by Gasteiger charge is -2.16. The van der Waals surface area contributed by atoms with E-state index in [9.17, 15) is 14.7 Å². The Balaban J connectivity index is 1.39. The summed E-state index contributed by atoms with van der Waals surface area (Å²) in [7, 11) is 0. The van der Waals surface area contributed by atoms with Gasteiger partial charge in [0.15, 0.2) is 5.65 Å². The zero-order valence-electron chi connectivity index (χ0n) is 21.5. The molecule has 2 aromatic carbocycles. The molecular formula is C31H24N6O3. The number of hydrogen-bond donors (Lipinski definition) is 2. The van der Waals surface area contributed by atoms with Gasteiger partial charge in [0.2, 0.25) is 0 Å². The number of carbonyl (C=O) groups excluding carboxylic acids is 1. The maximum atomic E-state index is 13.8. The number of pyridine rings is 3. The van der Waals surface area contributed by atoms with Crippen molar-refractivity contribution in [2.24, 2.45) is 0 Å². The Morgan fingerprint density at radius 3 is 2.52 bits per heavy atom. The number of hydrogen-bond acceptors (Lipinski definition) is 6. The van der Waals surface area contributed by atoms with Gasteiger partial charge < -0.3 is 10.4 Å². The molecule has 0 spiro atoms. The molecule has 0 saturated heterocycles. The summed E-state index contributed by atoms with van der Waals surface area (Å²) in [5.41, 5.74) is 5.77. The molecule has 0 fully saturated rings. The molecule has 1 amide bonds. The van der Waals surface area contributed by atoms with Crippen LogP contribution >= 0.6 is 0 Å². The van der Waals surface area contributed by atoms with E-state index >= 15 is 0 Å². The minimum Gasteiger partial charge on any atom is -0.478 e. The van der Waals surface area contributed by atoms with E-state index < -0.39 is 5.97 Å². The van der Waals surface area contributed by atoms with Crippen LogP contribution < -0.4 is 5.32 Å². The smallest absolute Gasteiger partial charge is 0.335 e. The van der Waals surface area contributed by atoms with Crippen LogP contribution in [0.25, 0.3) is 27.7 Å². The number of amides is 1. The van der Waals surface area contributed by atoms with Gasteiger partial charge in [-0.3, -0.25) is 4.79 Å². The van der Waals surface area contributed by atoms with Gasteiger partial charge in [0.25, 0.3) is 5.91 Å². The van der Waals surface area contributed by atoms with E-state index in [1.807, 2.05) is 73.8 Å². The van der Waals surface area contributed by atoms with Crippen molar-refractivity contribution >= 4 is 28.4 Å². The molecule has 0 saturated carbocycles. The molecule has 0 aliphatic heterocycles. The second-order valence-electron chi connectivity index (χ2n) is 9.49. The first-order valence-electron chi connectivity index (χ1n) is 12.7. The van der Waals surface area contributed by atoms with Crippen molar-refractivity contribution in [3.05, 3.63) is 125 Å². The van der Waals surface area contributed by atoms with Crippen LogP contribution in [0.15, 0.2) is 97.3 Å². The molecule has 0 unspecified atom stereocenters. The van der Waals surface area contributed by atoms with Crippen molar-refractivity contribution in [2.75, 3.05) is 0 Å². The molecule has 9 heteroatoms. The third-order valence-electron chi connectivity index (χ3n) is 6.81. The van der Waals surface area contributed by atoms with Gasteiger partial charge in [-0.05, 0) is 60.5 Å². The van der Waals surface area contributed by atoms with Gasteiger partial charge in [-0.1, -0.05) is 47.7 Å². The largest absolute Gasteiger partial charge is 0.478 e. The summed E-state index contributed by atoms with van der Waals surface area (Å²) < 4.78 is 1.64. The van der Waals surface area contributed by atoms with Gasteiger partial charge in [-0.15, -0.1) is 5.10 Å². The van der Waals surface area contributed by atoms with Gasteiger partial charge in [0.05, 0.1) is 22.9 Å². The normalized spacial score (nSPS) is 11.9. The lowest BCUT2D eigenvalue weighted by Crippen LogP contribution is -2.27. The van der Waals surface area contributed by atoms with Crippen LogP contribution in [0.2, 0.25) is 0 Å². The zero-order chi connectivity index (χ0) is 27.6. The highest BCUT2D eigenvalue weighted by Gasteiger charge is 2.21. The van der Waals surface area contributed by atoms with Crippen molar-refractivity contribution in [1.29, 1.82) is 0 Å². The molecule has 4 heterocycles. The fraction of sp³-hybridized carbons (Fsp3) is 0.0968. The van der Waals surface area contributed by atoms with Gasteiger partial charge in [-0.25, -0.2) is 19.3 Å². The third kappa shape index (κ3) is 4.88. The second kappa shape index (κ2) is 10.4. The lowest BCUT2D eigenvalue weighted by molar-refractivity contribution is 0.0696. The van der Waals surface area contributed by atoms with E-state index in [1.54, 1.807) is 22.8 Å². The van der Waals surface area contributed by atoms with Crippen LogP contribution in [0.1, 0.15) is 50.6 Å². The molecule has 0 bridgehead atoms. The standard InChI is InChI=1S/C31H24N6O3/c1-19(20-9-11-23(12-10-20)31(39)40)33-30(38)26-16-24(21-6-3-2-4-7-21)18-37-28(26)27(35-36-37)17-25-14-13-22-8-5-15-32-29(22)34-25/h2-16,18-19H,17H2,1H3,(H,33,38)(H,39,40)/t19-/m0/s1. The summed E-state index contributed by atoms with van der Waals surface area (Å²) in [5, 5.41) is 22.0. The van der Waals surface area contributed by atoms with Crippen molar-refractivity contribution in [2.45, 2.75) is 19.4 Å². The topological polar surface area (TPSA) is 122 Å². The van der Waals surface area contributed by atoms with Gasteiger partial charge in [0, 0.05) is 35.5 Å². The van der Waals surface area contributed by atoms with E-state index in [4.69, 9.17) is 0 Å². The molecule has 0 radical (unpaired) electrons. The van der Waals surface area contributed by atoms with Crippen LogP contribution in [0.4, 0.5) is 0 Å². The first-order valence-corrected chi connectivity index (χ1v) is 12.7. The SMILES string of the molecule is C[C@H](NC(=O)c1cc(-c2ccccc2)cn2nnc(Cc3ccc4cccnc4n3)c12)c1ccc(C(=O)O)cc1. The minimum atomic E-state index is -0.999. The highest BCUT2D eigenvalue weighted by atomic mass is 16.4. The van der Waals surface area contributed by atoms with Crippen LogP contribution in [-0.4, -0.2) is 41.8 Å². The lowest BCUT2D eigenvalue weighted by atomic mass is 10.0.